The molecular formula is C21H19N5O3. The van der Waals surface area contributed by atoms with E-state index < -0.39 is 5.91 Å². The molecule has 0 atom stereocenters. The molecule has 4 rings (SSSR count). The minimum Gasteiger partial charge on any atom is -0.494 e. The molecule has 0 radical (unpaired) electrons. The minimum atomic E-state index is -0.408. The number of aryl methyl sites for hydroxylation is 1. The second kappa shape index (κ2) is 7.59. The Morgan fingerprint density at radius 2 is 1.90 bits per heavy atom. The Hall–Kier alpha value is -3.94. The molecule has 0 aliphatic heterocycles. The number of rotatable bonds is 5. The van der Waals surface area contributed by atoms with Crippen LogP contribution in [0.25, 0.3) is 22.2 Å². The molecule has 0 bridgehead atoms. The third-order valence-corrected chi connectivity index (χ3v) is 4.43. The Bertz CT molecular complexity index is 1190. The number of ether oxygens (including phenoxy) is 1. The van der Waals surface area contributed by atoms with Gasteiger partial charge in [0.25, 0.3) is 5.91 Å². The predicted molar refractivity (Wildman–Crippen MR) is 108 cm³/mol. The summed E-state index contributed by atoms with van der Waals surface area (Å²) in [7, 11) is 1.53. The van der Waals surface area contributed by atoms with Crippen LogP contribution in [0.2, 0.25) is 0 Å². The molecule has 2 aromatic heterocycles. The molecule has 8 nitrogen and oxygen atoms in total. The standard InChI is InChI=1S/C21H19N5O3/c1-12-17(13-7-4-3-5-8-13)24-16(29-12)11-23-20(27)19-14-9-6-10-15(28-2)18(14)25-21(22)26-19/h3-10H,11H2,1-2H3,(H,23,27)(H2,22,25,26). The number of nitrogen functional groups attached to an aromatic ring is 1. The fourth-order valence-electron chi connectivity index (χ4n) is 3.11. The van der Waals surface area contributed by atoms with Crippen LogP contribution in [-0.2, 0) is 6.54 Å². The maximum Gasteiger partial charge on any atom is 0.271 e. The van der Waals surface area contributed by atoms with Crippen molar-refractivity contribution < 1.29 is 13.9 Å². The van der Waals surface area contributed by atoms with E-state index in [1.54, 1.807) is 18.2 Å². The molecule has 8 heteroatoms. The first-order chi connectivity index (χ1) is 14.1. The molecule has 146 valence electrons. The van der Waals surface area contributed by atoms with Crippen LogP contribution in [0.5, 0.6) is 5.75 Å². The average Bonchev–Trinajstić information content (AvgIpc) is 3.12. The highest BCUT2D eigenvalue weighted by Gasteiger charge is 2.18. The van der Waals surface area contributed by atoms with Gasteiger partial charge in [0.15, 0.2) is 0 Å². The number of para-hydroxylation sites is 1. The molecule has 0 aliphatic rings. The SMILES string of the molecule is COc1cccc2c(C(=O)NCc3nc(-c4ccccc4)c(C)o3)nc(N)nc12. The molecule has 0 spiro atoms. The van der Waals surface area contributed by atoms with E-state index >= 15 is 0 Å². The van der Waals surface area contributed by atoms with E-state index in [1.807, 2.05) is 37.3 Å². The highest BCUT2D eigenvalue weighted by atomic mass is 16.5. The number of carbonyl (C=O) groups is 1. The highest BCUT2D eigenvalue weighted by Crippen LogP contribution is 2.26. The first-order valence-corrected chi connectivity index (χ1v) is 8.97. The van der Waals surface area contributed by atoms with Gasteiger partial charge in [0.2, 0.25) is 11.8 Å². The summed E-state index contributed by atoms with van der Waals surface area (Å²) in [6, 6.07) is 15.0. The normalized spacial score (nSPS) is 10.8. The number of aromatic nitrogens is 3. The summed E-state index contributed by atoms with van der Waals surface area (Å²) in [5.74, 6) is 1.18. The van der Waals surface area contributed by atoms with E-state index in [0.717, 1.165) is 11.3 Å². The number of benzene rings is 2. The molecule has 3 N–H and O–H groups in total. The third-order valence-electron chi connectivity index (χ3n) is 4.43. The highest BCUT2D eigenvalue weighted by molar-refractivity contribution is 6.05. The molecular weight excluding hydrogens is 370 g/mol. The van der Waals surface area contributed by atoms with Crippen LogP contribution in [0.3, 0.4) is 0 Å². The number of nitrogens with two attached hydrogens (primary N) is 1. The number of nitrogens with one attached hydrogen (secondary N) is 1. The van der Waals surface area contributed by atoms with Crippen molar-refractivity contribution in [2.45, 2.75) is 13.5 Å². The smallest absolute Gasteiger partial charge is 0.271 e. The van der Waals surface area contributed by atoms with Gasteiger partial charge in [0, 0.05) is 10.9 Å². The first-order valence-electron chi connectivity index (χ1n) is 8.97. The number of amides is 1. The summed E-state index contributed by atoms with van der Waals surface area (Å²) in [5.41, 5.74) is 8.13. The lowest BCUT2D eigenvalue weighted by Gasteiger charge is -2.09. The summed E-state index contributed by atoms with van der Waals surface area (Å²) in [6.07, 6.45) is 0. The molecule has 1 amide bonds. The molecule has 29 heavy (non-hydrogen) atoms. The summed E-state index contributed by atoms with van der Waals surface area (Å²) in [5, 5.41) is 3.33. The van der Waals surface area contributed by atoms with Crippen LogP contribution in [0, 0.1) is 6.92 Å². The molecule has 2 aromatic carbocycles. The van der Waals surface area contributed by atoms with Crippen molar-refractivity contribution >= 4 is 22.8 Å². The number of hydrogen-bond donors (Lipinski definition) is 2. The van der Waals surface area contributed by atoms with Gasteiger partial charge in [-0.1, -0.05) is 42.5 Å². The van der Waals surface area contributed by atoms with Crippen molar-refractivity contribution in [3.63, 3.8) is 0 Å². The second-order valence-electron chi connectivity index (χ2n) is 6.35. The molecule has 2 heterocycles. The largest absolute Gasteiger partial charge is 0.494 e. The third kappa shape index (κ3) is 3.60. The Balaban J connectivity index is 1.58. The Kier molecular flexibility index (Phi) is 4.82. The lowest BCUT2D eigenvalue weighted by molar-refractivity contribution is 0.0944. The molecule has 0 aliphatic carbocycles. The Labute approximate surface area is 166 Å². The minimum absolute atomic E-state index is 0.00881. The maximum atomic E-state index is 12.8. The van der Waals surface area contributed by atoms with Gasteiger partial charge in [-0.3, -0.25) is 4.79 Å². The van der Waals surface area contributed by atoms with E-state index in [2.05, 4.69) is 20.3 Å². The van der Waals surface area contributed by atoms with Crippen LogP contribution >= 0.6 is 0 Å². The summed E-state index contributed by atoms with van der Waals surface area (Å²) in [4.78, 5) is 25.6. The number of methoxy groups -OCH3 is 1. The Morgan fingerprint density at radius 1 is 1.10 bits per heavy atom. The van der Waals surface area contributed by atoms with Crippen molar-refractivity contribution in [1.82, 2.24) is 20.3 Å². The van der Waals surface area contributed by atoms with Crippen molar-refractivity contribution in [2.24, 2.45) is 0 Å². The van der Waals surface area contributed by atoms with Crippen molar-refractivity contribution in [3.8, 4) is 17.0 Å². The second-order valence-corrected chi connectivity index (χ2v) is 6.35. The van der Waals surface area contributed by atoms with E-state index in [4.69, 9.17) is 14.9 Å². The van der Waals surface area contributed by atoms with Crippen molar-refractivity contribution in [2.75, 3.05) is 12.8 Å². The predicted octanol–water partition coefficient (Wildman–Crippen LogP) is 3.11. The van der Waals surface area contributed by atoms with E-state index in [9.17, 15) is 4.79 Å². The van der Waals surface area contributed by atoms with E-state index in [-0.39, 0.29) is 18.2 Å². The quantitative estimate of drug-likeness (QED) is 0.539. The van der Waals surface area contributed by atoms with Gasteiger partial charge in [-0.15, -0.1) is 0 Å². The van der Waals surface area contributed by atoms with Crippen LogP contribution in [0.4, 0.5) is 5.95 Å². The van der Waals surface area contributed by atoms with Gasteiger partial charge < -0.3 is 20.2 Å². The van der Waals surface area contributed by atoms with Crippen LogP contribution in [0.1, 0.15) is 22.1 Å². The van der Waals surface area contributed by atoms with Gasteiger partial charge in [-0.05, 0) is 13.0 Å². The maximum absolute atomic E-state index is 12.8. The van der Waals surface area contributed by atoms with Crippen LogP contribution < -0.4 is 15.8 Å². The molecule has 0 fully saturated rings. The fraction of sp³-hybridized carbons (Fsp3) is 0.143. The summed E-state index contributed by atoms with van der Waals surface area (Å²) < 4.78 is 11.0. The fourth-order valence-corrected chi connectivity index (χ4v) is 3.11. The van der Waals surface area contributed by atoms with Gasteiger partial charge in [0.1, 0.15) is 28.4 Å². The summed E-state index contributed by atoms with van der Waals surface area (Å²) >= 11 is 0. The molecule has 4 aromatic rings. The number of nitrogens with zero attached hydrogens (tertiary/aromatic N) is 3. The number of hydrogen-bond acceptors (Lipinski definition) is 7. The molecule has 0 saturated heterocycles. The number of anilines is 1. The topological polar surface area (TPSA) is 116 Å². The molecule has 0 unspecified atom stereocenters. The molecule has 0 saturated carbocycles. The van der Waals surface area contributed by atoms with Crippen LogP contribution in [0.15, 0.2) is 52.9 Å². The summed E-state index contributed by atoms with van der Waals surface area (Å²) in [6.45, 7) is 1.95. The van der Waals surface area contributed by atoms with Crippen molar-refractivity contribution in [1.29, 1.82) is 0 Å². The van der Waals surface area contributed by atoms with E-state index in [0.29, 0.717) is 28.3 Å². The van der Waals surface area contributed by atoms with Gasteiger partial charge in [0.05, 0.1) is 13.7 Å². The van der Waals surface area contributed by atoms with Gasteiger partial charge >= 0.3 is 0 Å². The van der Waals surface area contributed by atoms with E-state index in [1.165, 1.54) is 7.11 Å². The monoisotopic (exact) mass is 389 g/mol. The average molecular weight is 389 g/mol. The Morgan fingerprint density at radius 3 is 2.66 bits per heavy atom. The van der Waals surface area contributed by atoms with Gasteiger partial charge in [-0.2, -0.15) is 0 Å². The zero-order chi connectivity index (χ0) is 20.4. The number of carbonyl (C=O) groups excluding carboxylic acids is 1. The lowest BCUT2D eigenvalue weighted by atomic mass is 10.1. The van der Waals surface area contributed by atoms with Gasteiger partial charge in [-0.25, -0.2) is 15.0 Å². The number of oxazole rings is 1. The number of fused-ring (bicyclic) bond motifs is 1. The van der Waals surface area contributed by atoms with Crippen molar-refractivity contribution in [3.05, 3.63) is 65.9 Å². The zero-order valence-electron chi connectivity index (χ0n) is 16.0. The van der Waals surface area contributed by atoms with Crippen LogP contribution in [-0.4, -0.2) is 28.0 Å². The first kappa shape index (κ1) is 18.4. The zero-order valence-corrected chi connectivity index (χ0v) is 16.0. The lowest BCUT2D eigenvalue weighted by Crippen LogP contribution is -2.25.